The summed E-state index contributed by atoms with van der Waals surface area (Å²) in [5, 5.41) is 0. The minimum atomic E-state index is -2.96. The molecule has 0 spiro atoms. The lowest BCUT2D eigenvalue weighted by Crippen LogP contribution is -2.52. The fraction of sp³-hybridized carbons (Fsp3) is 0.929. The van der Waals surface area contributed by atoms with Crippen molar-refractivity contribution >= 4 is 15.7 Å². The molecule has 1 saturated heterocycles. The maximum Gasteiger partial charge on any atom is 0.224 e. The standard InChI is InChI=1S/C14H26N2O3S/c1-2-3-8-16(12-5-9-20(18,19)11-12)13(17)10-14(15)6-4-7-14/h12H,2-11,15H2,1H3. The molecule has 1 atom stereocenters. The van der Waals surface area contributed by atoms with Gasteiger partial charge in [-0.2, -0.15) is 0 Å². The topological polar surface area (TPSA) is 80.5 Å². The van der Waals surface area contributed by atoms with Crippen LogP contribution < -0.4 is 5.73 Å². The van der Waals surface area contributed by atoms with Crippen LogP contribution in [0, 0.1) is 0 Å². The summed E-state index contributed by atoms with van der Waals surface area (Å²) < 4.78 is 23.3. The Bertz CT molecular complexity index is 457. The molecule has 20 heavy (non-hydrogen) atoms. The molecule has 2 N–H and O–H groups in total. The number of nitrogens with two attached hydrogens (primary N) is 1. The molecule has 0 aromatic carbocycles. The molecule has 1 aliphatic carbocycles. The molecular weight excluding hydrogens is 276 g/mol. The van der Waals surface area contributed by atoms with Crippen LogP contribution in [0.5, 0.6) is 0 Å². The predicted molar refractivity (Wildman–Crippen MR) is 79.1 cm³/mol. The molecule has 1 amide bonds. The van der Waals surface area contributed by atoms with Gasteiger partial charge < -0.3 is 10.6 Å². The molecule has 1 saturated carbocycles. The van der Waals surface area contributed by atoms with E-state index in [1.165, 1.54) is 0 Å². The first-order valence-corrected chi connectivity index (χ1v) is 9.46. The summed E-state index contributed by atoms with van der Waals surface area (Å²) >= 11 is 0. The average molecular weight is 302 g/mol. The second kappa shape index (κ2) is 6.02. The number of carbonyl (C=O) groups is 1. The summed E-state index contributed by atoms with van der Waals surface area (Å²) in [6, 6.07) is -0.136. The monoisotopic (exact) mass is 302 g/mol. The average Bonchev–Trinajstić information content (AvgIpc) is 2.68. The van der Waals surface area contributed by atoms with Gasteiger partial charge in [0.05, 0.1) is 11.5 Å². The van der Waals surface area contributed by atoms with Gasteiger partial charge >= 0.3 is 0 Å². The van der Waals surface area contributed by atoms with Gasteiger partial charge in [-0.05, 0) is 32.1 Å². The first-order valence-electron chi connectivity index (χ1n) is 7.64. The number of amides is 1. The van der Waals surface area contributed by atoms with E-state index in [1.807, 2.05) is 0 Å². The summed E-state index contributed by atoms with van der Waals surface area (Å²) in [5.74, 6) is 0.379. The summed E-state index contributed by atoms with van der Waals surface area (Å²) in [6.45, 7) is 2.73. The lowest BCUT2D eigenvalue weighted by Gasteiger charge is -2.40. The van der Waals surface area contributed by atoms with Crippen LogP contribution in [-0.4, -0.2) is 48.9 Å². The molecule has 1 heterocycles. The van der Waals surface area contributed by atoms with Crippen LogP contribution in [0.2, 0.25) is 0 Å². The van der Waals surface area contributed by atoms with Gasteiger partial charge in [-0.1, -0.05) is 13.3 Å². The maximum atomic E-state index is 12.5. The lowest BCUT2D eigenvalue weighted by molar-refractivity contribution is -0.135. The van der Waals surface area contributed by atoms with Crippen molar-refractivity contribution in [3.05, 3.63) is 0 Å². The fourth-order valence-corrected chi connectivity index (χ4v) is 4.80. The van der Waals surface area contributed by atoms with Crippen molar-refractivity contribution in [3.63, 3.8) is 0 Å². The zero-order valence-corrected chi connectivity index (χ0v) is 13.1. The van der Waals surface area contributed by atoms with Crippen LogP contribution in [0.25, 0.3) is 0 Å². The zero-order chi connectivity index (χ0) is 14.8. The van der Waals surface area contributed by atoms with Gasteiger partial charge in [0, 0.05) is 24.5 Å². The predicted octanol–water partition coefficient (Wildman–Crippen LogP) is 1.07. The van der Waals surface area contributed by atoms with Crippen molar-refractivity contribution in [1.29, 1.82) is 0 Å². The molecule has 0 bridgehead atoms. The lowest BCUT2D eigenvalue weighted by atomic mass is 9.75. The molecule has 0 aromatic heterocycles. The van der Waals surface area contributed by atoms with Gasteiger partial charge in [-0.15, -0.1) is 0 Å². The highest BCUT2D eigenvalue weighted by Crippen LogP contribution is 2.33. The third kappa shape index (κ3) is 3.73. The molecule has 1 unspecified atom stereocenters. The molecule has 2 rings (SSSR count). The summed E-state index contributed by atoms with van der Waals surface area (Å²) in [4.78, 5) is 14.3. The summed E-state index contributed by atoms with van der Waals surface area (Å²) in [7, 11) is -2.96. The molecule has 6 heteroatoms. The van der Waals surface area contributed by atoms with Crippen molar-refractivity contribution in [2.75, 3.05) is 18.1 Å². The van der Waals surface area contributed by atoms with Crippen LogP contribution in [-0.2, 0) is 14.6 Å². The molecule has 0 radical (unpaired) electrons. The Kier molecular flexibility index (Phi) is 4.74. The normalized spacial score (nSPS) is 27.0. The number of hydrogen-bond donors (Lipinski definition) is 1. The van der Waals surface area contributed by atoms with Gasteiger partial charge in [-0.25, -0.2) is 8.42 Å². The molecule has 2 fully saturated rings. The Balaban J connectivity index is 2.01. The Morgan fingerprint density at radius 2 is 2.10 bits per heavy atom. The second-order valence-corrected chi connectivity index (χ2v) is 8.62. The second-order valence-electron chi connectivity index (χ2n) is 6.39. The van der Waals surface area contributed by atoms with Crippen LogP contribution in [0.3, 0.4) is 0 Å². The Hall–Kier alpha value is -0.620. The van der Waals surface area contributed by atoms with Crippen LogP contribution >= 0.6 is 0 Å². The summed E-state index contributed by atoms with van der Waals surface area (Å²) in [5.41, 5.74) is 5.82. The number of hydrogen-bond acceptors (Lipinski definition) is 4. The number of rotatable bonds is 6. The maximum absolute atomic E-state index is 12.5. The van der Waals surface area contributed by atoms with Crippen molar-refractivity contribution in [2.24, 2.45) is 5.73 Å². The van der Waals surface area contributed by atoms with Gasteiger partial charge in [0.1, 0.15) is 0 Å². The highest BCUT2D eigenvalue weighted by molar-refractivity contribution is 7.91. The van der Waals surface area contributed by atoms with E-state index in [2.05, 4.69) is 6.92 Å². The minimum absolute atomic E-state index is 0.0442. The minimum Gasteiger partial charge on any atom is -0.339 e. The molecule has 116 valence electrons. The van der Waals surface area contributed by atoms with E-state index in [-0.39, 0.29) is 29.0 Å². The van der Waals surface area contributed by atoms with E-state index in [4.69, 9.17) is 5.73 Å². The number of carbonyl (C=O) groups excluding carboxylic acids is 1. The van der Waals surface area contributed by atoms with Crippen LogP contribution in [0.15, 0.2) is 0 Å². The van der Waals surface area contributed by atoms with E-state index in [0.29, 0.717) is 19.4 Å². The van der Waals surface area contributed by atoms with Crippen molar-refractivity contribution in [1.82, 2.24) is 4.90 Å². The first kappa shape index (κ1) is 15.8. The van der Waals surface area contributed by atoms with Crippen molar-refractivity contribution in [3.8, 4) is 0 Å². The van der Waals surface area contributed by atoms with Crippen LogP contribution in [0.4, 0.5) is 0 Å². The highest BCUT2D eigenvalue weighted by Gasteiger charge is 2.39. The molecular formula is C14H26N2O3S. The van der Waals surface area contributed by atoms with E-state index in [9.17, 15) is 13.2 Å². The van der Waals surface area contributed by atoms with Gasteiger partial charge in [-0.3, -0.25) is 4.79 Å². The number of nitrogens with zero attached hydrogens (tertiary/aromatic N) is 1. The van der Waals surface area contributed by atoms with E-state index >= 15 is 0 Å². The fourth-order valence-electron chi connectivity index (χ4n) is 3.07. The number of unbranched alkanes of at least 4 members (excludes halogenated alkanes) is 1. The third-order valence-electron chi connectivity index (χ3n) is 4.57. The third-order valence-corrected chi connectivity index (χ3v) is 6.33. The van der Waals surface area contributed by atoms with Gasteiger partial charge in [0.15, 0.2) is 9.84 Å². The molecule has 2 aliphatic rings. The highest BCUT2D eigenvalue weighted by atomic mass is 32.2. The quantitative estimate of drug-likeness (QED) is 0.796. The van der Waals surface area contributed by atoms with Crippen molar-refractivity contribution < 1.29 is 13.2 Å². The molecule has 5 nitrogen and oxygen atoms in total. The van der Waals surface area contributed by atoms with E-state index < -0.39 is 9.84 Å². The van der Waals surface area contributed by atoms with Crippen LogP contribution in [0.1, 0.15) is 51.9 Å². The molecule has 0 aromatic rings. The molecule has 1 aliphatic heterocycles. The van der Waals surface area contributed by atoms with Crippen molar-refractivity contribution in [2.45, 2.75) is 63.5 Å². The largest absolute Gasteiger partial charge is 0.339 e. The zero-order valence-electron chi connectivity index (χ0n) is 12.3. The Labute approximate surface area is 121 Å². The number of sulfone groups is 1. The van der Waals surface area contributed by atoms with Gasteiger partial charge in [0.25, 0.3) is 0 Å². The van der Waals surface area contributed by atoms with Gasteiger partial charge in [0.2, 0.25) is 5.91 Å². The Morgan fingerprint density at radius 1 is 1.40 bits per heavy atom. The first-order chi connectivity index (χ1) is 9.35. The smallest absolute Gasteiger partial charge is 0.224 e. The van der Waals surface area contributed by atoms with E-state index in [0.717, 1.165) is 32.1 Å². The Morgan fingerprint density at radius 3 is 2.55 bits per heavy atom. The summed E-state index contributed by atoms with van der Waals surface area (Å²) in [6.07, 6.45) is 5.77. The van der Waals surface area contributed by atoms with E-state index in [1.54, 1.807) is 4.90 Å². The SMILES string of the molecule is CCCCN(C(=O)CC1(N)CCC1)C1CCS(=O)(=O)C1.